The molecular formula is C28H32F3N7O4. The van der Waals surface area contributed by atoms with Gasteiger partial charge in [-0.2, -0.15) is 23.4 Å². The second-order valence-corrected chi connectivity index (χ2v) is 11.7. The van der Waals surface area contributed by atoms with Gasteiger partial charge in [-0.05, 0) is 81.4 Å². The number of nitrogens with zero attached hydrogens (tertiary/aromatic N) is 5. The van der Waals surface area contributed by atoms with Crippen molar-refractivity contribution in [3.8, 4) is 0 Å². The molecule has 3 unspecified atom stereocenters. The molecule has 4 heterocycles. The average Bonchev–Trinajstić information content (AvgIpc) is 3.87. The molecule has 3 N–H and O–H groups in total. The molecule has 14 heteroatoms. The summed E-state index contributed by atoms with van der Waals surface area (Å²) in [5, 5.41) is 23.7. The zero-order chi connectivity index (χ0) is 29.8. The number of carbonyl (C=O) groups excluding carboxylic acids is 2. The van der Waals surface area contributed by atoms with Crippen molar-refractivity contribution in [2.45, 2.75) is 76.7 Å². The smallest absolute Gasteiger partial charge is 0.408 e. The summed E-state index contributed by atoms with van der Waals surface area (Å²) in [5.41, 5.74) is -0.312. The molecule has 1 saturated heterocycles. The monoisotopic (exact) mass is 587 g/mol. The molecule has 1 aliphatic heterocycles. The number of rotatable bonds is 10. The number of aliphatic carboxylic acids is 1. The van der Waals surface area contributed by atoms with Gasteiger partial charge in [-0.3, -0.25) is 19.1 Å². The summed E-state index contributed by atoms with van der Waals surface area (Å²) in [6, 6.07) is 2.38. The van der Waals surface area contributed by atoms with E-state index in [9.17, 15) is 32.7 Å². The summed E-state index contributed by atoms with van der Waals surface area (Å²) >= 11 is 0. The van der Waals surface area contributed by atoms with E-state index < -0.39 is 42.4 Å². The van der Waals surface area contributed by atoms with E-state index in [4.69, 9.17) is 4.98 Å². The minimum atomic E-state index is -4.66. The van der Waals surface area contributed by atoms with Crippen molar-refractivity contribution < 1.29 is 32.7 Å². The number of aryl methyl sites for hydroxylation is 1. The number of imidazole rings is 1. The Hall–Kier alpha value is -3.97. The van der Waals surface area contributed by atoms with E-state index in [-0.39, 0.29) is 30.0 Å². The predicted molar refractivity (Wildman–Crippen MR) is 141 cm³/mol. The minimum Gasteiger partial charge on any atom is -0.480 e. The Kier molecular flexibility index (Phi) is 6.97. The summed E-state index contributed by atoms with van der Waals surface area (Å²) in [7, 11) is 0. The molecule has 3 atom stereocenters. The minimum absolute atomic E-state index is 0.208. The number of fused-ring (bicyclic) bond motifs is 1. The van der Waals surface area contributed by atoms with E-state index in [2.05, 4.69) is 15.5 Å². The first-order valence-corrected chi connectivity index (χ1v) is 14.3. The lowest BCUT2D eigenvalue weighted by molar-refractivity contribution is -0.180. The summed E-state index contributed by atoms with van der Waals surface area (Å²) < 4.78 is 42.7. The molecule has 42 heavy (non-hydrogen) atoms. The normalized spacial score (nSPS) is 23.6. The van der Waals surface area contributed by atoms with E-state index >= 15 is 0 Å². The van der Waals surface area contributed by atoms with E-state index in [1.165, 1.54) is 10.6 Å². The first-order chi connectivity index (χ1) is 20.0. The highest BCUT2D eigenvalue weighted by Gasteiger charge is 2.55. The van der Waals surface area contributed by atoms with Crippen LogP contribution in [-0.4, -0.2) is 59.5 Å². The Labute approximate surface area is 238 Å². The van der Waals surface area contributed by atoms with Crippen LogP contribution in [0.5, 0.6) is 0 Å². The second-order valence-electron chi connectivity index (χ2n) is 11.7. The van der Waals surface area contributed by atoms with Crippen LogP contribution in [0.2, 0.25) is 0 Å². The van der Waals surface area contributed by atoms with Crippen LogP contribution in [-0.2, 0) is 22.6 Å². The van der Waals surface area contributed by atoms with Crippen LogP contribution < -0.4 is 10.6 Å². The summed E-state index contributed by atoms with van der Waals surface area (Å²) in [6.07, 6.45) is 1.59. The van der Waals surface area contributed by atoms with Crippen molar-refractivity contribution in [3.63, 3.8) is 0 Å². The van der Waals surface area contributed by atoms with Gasteiger partial charge in [0.2, 0.25) is 5.91 Å². The maximum atomic E-state index is 13.4. The third-order valence-electron chi connectivity index (χ3n) is 8.85. The van der Waals surface area contributed by atoms with Crippen molar-refractivity contribution in [2.75, 3.05) is 0 Å². The Balaban J connectivity index is 1.29. The number of carboxylic acids is 1. The van der Waals surface area contributed by atoms with Gasteiger partial charge in [0.1, 0.15) is 11.7 Å². The highest BCUT2D eigenvalue weighted by Crippen LogP contribution is 2.54. The molecule has 2 saturated carbocycles. The molecule has 2 amide bonds. The number of piperidine rings is 1. The standard InChI is InChI=1S/C28H32F3N7O4/c1-2-37-19(10-12-32-37)24(39)35-23(22(15-3-4-15)16-5-6-16)18-14-38-21(33-18)8-7-17(36-38)13-27(26(41)42)11-9-20(28(29,30)31)34-25(27)40/h7-8,10,12,14-16,20,22-23H,2-6,9,11,13H2,1H3,(H,34,40)(H,35,39)(H,41,42). The van der Waals surface area contributed by atoms with Gasteiger partial charge >= 0.3 is 12.1 Å². The molecule has 0 bridgehead atoms. The van der Waals surface area contributed by atoms with Crippen molar-refractivity contribution in [2.24, 2.45) is 23.2 Å². The van der Waals surface area contributed by atoms with Gasteiger partial charge in [-0.15, -0.1) is 0 Å². The van der Waals surface area contributed by atoms with Crippen molar-refractivity contribution >= 4 is 23.4 Å². The number of hydrogen-bond acceptors (Lipinski definition) is 6. The first kappa shape index (κ1) is 28.2. The summed E-state index contributed by atoms with van der Waals surface area (Å²) in [5.74, 6) is -1.76. The predicted octanol–water partition coefficient (Wildman–Crippen LogP) is 3.31. The molecule has 0 spiro atoms. The molecule has 3 aliphatic rings. The van der Waals surface area contributed by atoms with E-state index in [0.29, 0.717) is 35.4 Å². The number of aromatic nitrogens is 5. The number of halogens is 3. The SMILES string of the molecule is CCn1nccc1C(=O)NC(c1cn2nc(CC3(C(=O)O)CCC(C(F)(F)F)NC3=O)ccc2n1)C(C1CC1)C1CC1. The molecule has 3 aromatic rings. The van der Waals surface area contributed by atoms with Gasteiger partial charge in [-0.25, -0.2) is 9.50 Å². The summed E-state index contributed by atoms with van der Waals surface area (Å²) in [6.45, 7) is 2.45. The molecule has 224 valence electrons. The van der Waals surface area contributed by atoms with Crippen LogP contribution in [0.1, 0.15) is 73.4 Å². The molecule has 3 aromatic heterocycles. The van der Waals surface area contributed by atoms with E-state index in [0.717, 1.165) is 25.7 Å². The fraction of sp³-hybridized carbons (Fsp3) is 0.571. The van der Waals surface area contributed by atoms with Gasteiger partial charge in [0.15, 0.2) is 11.1 Å². The maximum Gasteiger partial charge on any atom is 0.408 e. The van der Waals surface area contributed by atoms with Crippen molar-refractivity contribution in [3.05, 3.63) is 47.7 Å². The molecule has 3 fully saturated rings. The number of amides is 2. The lowest BCUT2D eigenvalue weighted by Crippen LogP contribution is -2.59. The Morgan fingerprint density at radius 2 is 1.88 bits per heavy atom. The molecular weight excluding hydrogens is 555 g/mol. The lowest BCUT2D eigenvalue weighted by atomic mass is 9.74. The fourth-order valence-corrected chi connectivity index (χ4v) is 6.31. The number of hydrogen-bond donors (Lipinski definition) is 3. The molecule has 0 aromatic carbocycles. The topological polar surface area (TPSA) is 144 Å². The zero-order valence-electron chi connectivity index (χ0n) is 23.0. The van der Waals surface area contributed by atoms with Gasteiger partial charge in [0, 0.05) is 19.2 Å². The van der Waals surface area contributed by atoms with Gasteiger partial charge in [0.05, 0.1) is 23.6 Å². The molecule has 11 nitrogen and oxygen atoms in total. The fourth-order valence-electron chi connectivity index (χ4n) is 6.31. The lowest BCUT2D eigenvalue weighted by Gasteiger charge is -2.36. The Morgan fingerprint density at radius 1 is 1.17 bits per heavy atom. The number of alkyl halides is 3. The maximum absolute atomic E-state index is 13.4. The van der Waals surface area contributed by atoms with Crippen molar-refractivity contribution in [1.82, 2.24) is 35.0 Å². The number of carboxylic acid groups (broad SMARTS) is 1. The zero-order valence-corrected chi connectivity index (χ0v) is 23.0. The molecule has 6 rings (SSSR count). The molecule has 0 radical (unpaired) electrons. The largest absolute Gasteiger partial charge is 0.480 e. The van der Waals surface area contributed by atoms with Crippen LogP contribution in [0.3, 0.4) is 0 Å². The van der Waals surface area contributed by atoms with Crippen LogP contribution in [0.15, 0.2) is 30.6 Å². The second kappa shape index (κ2) is 10.4. The van der Waals surface area contributed by atoms with Crippen LogP contribution in [0.4, 0.5) is 13.2 Å². The summed E-state index contributed by atoms with van der Waals surface area (Å²) in [4.78, 5) is 43.1. The van der Waals surface area contributed by atoms with Crippen molar-refractivity contribution in [1.29, 1.82) is 0 Å². The third kappa shape index (κ3) is 5.22. The third-order valence-corrected chi connectivity index (χ3v) is 8.85. The van der Waals surface area contributed by atoms with Gasteiger partial charge < -0.3 is 15.7 Å². The highest BCUT2D eigenvalue weighted by atomic mass is 19.4. The van der Waals surface area contributed by atoms with Crippen LogP contribution in [0.25, 0.3) is 5.65 Å². The van der Waals surface area contributed by atoms with Crippen LogP contribution in [0, 0.1) is 23.2 Å². The molecule has 2 aliphatic carbocycles. The van der Waals surface area contributed by atoms with Crippen LogP contribution >= 0.6 is 0 Å². The number of carbonyl (C=O) groups is 3. The van der Waals surface area contributed by atoms with Gasteiger partial charge in [0.25, 0.3) is 5.91 Å². The van der Waals surface area contributed by atoms with Gasteiger partial charge in [-0.1, -0.05) is 0 Å². The quantitative estimate of drug-likeness (QED) is 0.309. The number of nitrogens with one attached hydrogen (secondary N) is 2. The Morgan fingerprint density at radius 3 is 2.48 bits per heavy atom. The first-order valence-electron chi connectivity index (χ1n) is 14.3. The van der Waals surface area contributed by atoms with E-state index in [1.54, 1.807) is 29.2 Å². The highest BCUT2D eigenvalue weighted by molar-refractivity contribution is 6.02. The Bertz CT molecular complexity index is 1510. The average molecular weight is 588 g/mol. The van der Waals surface area contributed by atoms with E-state index in [1.807, 2.05) is 12.2 Å².